The van der Waals surface area contributed by atoms with Gasteiger partial charge in [-0.25, -0.2) is 4.57 Å². The van der Waals surface area contributed by atoms with Crippen molar-refractivity contribution in [1.82, 2.24) is 0 Å². The minimum atomic E-state index is 1.24. The second-order valence-electron chi connectivity index (χ2n) is 20.4. The Labute approximate surface area is 387 Å². The zero-order valence-corrected chi connectivity index (χ0v) is 42.9. The lowest BCUT2D eigenvalue weighted by molar-refractivity contribution is -0.705. The molecule has 1 heteroatoms. The van der Waals surface area contributed by atoms with Crippen LogP contribution in [0.5, 0.6) is 0 Å². The van der Waals surface area contributed by atoms with Gasteiger partial charge in [0.25, 0.3) is 0 Å². The molecule has 0 aliphatic heterocycles. The Morgan fingerprint density at radius 2 is 0.492 bits per heavy atom. The first-order chi connectivity index (χ1) is 30.3. The van der Waals surface area contributed by atoms with E-state index in [-0.39, 0.29) is 0 Å². The van der Waals surface area contributed by atoms with E-state index >= 15 is 0 Å². The topological polar surface area (TPSA) is 3.88 Å². The van der Waals surface area contributed by atoms with Crippen LogP contribution in [0.1, 0.15) is 347 Å². The first-order valence-electron chi connectivity index (χ1n) is 29.3. The second kappa shape index (κ2) is 50.2. The van der Waals surface area contributed by atoms with Crippen LogP contribution < -0.4 is 4.57 Å². The molecule has 1 nitrogen and oxygen atoms in total. The molecule has 0 spiro atoms. The van der Waals surface area contributed by atoms with Gasteiger partial charge in [-0.05, 0) is 31.7 Å². The van der Waals surface area contributed by atoms with Crippen LogP contribution in [-0.2, 0) is 19.4 Å². The van der Waals surface area contributed by atoms with Gasteiger partial charge in [0.15, 0.2) is 11.9 Å². The molecule has 1 rings (SSSR count). The van der Waals surface area contributed by atoms with Gasteiger partial charge in [-0.1, -0.05) is 310 Å². The molecule has 61 heavy (non-hydrogen) atoms. The number of unbranched alkanes of at least 4 members (excludes halogenated alkanes) is 46. The van der Waals surface area contributed by atoms with Crippen molar-refractivity contribution in [2.24, 2.45) is 0 Å². The lowest BCUT2D eigenvalue weighted by Gasteiger charge is -2.11. The van der Waals surface area contributed by atoms with E-state index in [1.54, 1.807) is 11.3 Å². The quantitative estimate of drug-likeness (QED) is 0.0454. The Bertz CT molecular complexity index is 951. The molecule has 0 aromatic carbocycles. The van der Waals surface area contributed by atoms with Crippen molar-refractivity contribution in [3.8, 4) is 0 Å². The molecule has 0 saturated heterocycles. The summed E-state index contributed by atoms with van der Waals surface area (Å²) >= 11 is 0. The molecule has 1 heterocycles. The van der Waals surface area contributed by atoms with Crippen LogP contribution in [0.3, 0.4) is 0 Å². The van der Waals surface area contributed by atoms with E-state index < -0.39 is 0 Å². The largest absolute Gasteiger partial charge is 0.202 e. The van der Waals surface area contributed by atoms with E-state index in [4.69, 9.17) is 0 Å². The van der Waals surface area contributed by atoms with E-state index in [0.29, 0.717) is 0 Å². The van der Waals surface area contributed by atoms with Crippen molar-refractivity contribution in [3.05, 3.63) is 29.6 Å². The highest BCUT2D eigenvalue weighted by Gasteiger charge is 2.15. The predicted octanol–water partition coefficient (Wildman–Crippen LogP) is 21.2. The normalized spacial score (nSPS) is 11.7. The summed E-state index contributed by atoms with van der Waals surface area (Å²) in [5, 5.41) is 0. The molecule has 0 atom stereocenters. The first-order valence-corrected chi connectivity index (χ1v) is 29.3. The Hall–Kier alpha value is -0.850. The van der Waals surface area contributed by atoms with Crippen molar-refractivity contribution in [2.75, 3.05) is 0 Å². The minimum Gasteiger partial charge on any atom is -0.202 e. The molecular weight excluding hydrogens is 735 g/mol. The van der Waals surface area contributed by atoms with E-state index in [0.717, 1.165) is 0 Å². The number of nitrogens with zero attached hydrogens (tertiary/aromatic N) is 1. The lowest BCUT2D eigenvalue weighted by atomic mass is 9.99. The summed E-state index contributed by atoms with van der Waals surface area (Å²) in [6.45, 7) is 8.19. The Balaban J connectivity index is 2.30. The summed E-state index contributed by atoms with van der Waals surface area (Å²) in [4.78, 5) is 0. The van der Waals surface area contributed by atoms with E-state index in [9.17, 15) is 0 Å². The van der Waals surface area contributed by atoms with Crippen molar-refractivity contribution in [3.63, 3.8) is 0 Å². The van der Waals surface area contributed by atoms with Gasteiger partial charge in [0.2, 0.25) is 0 Å². The Morgan fingerprint density at radius 1 is 0.262 bits per heavy atom. The summed E-state index contributed by atoms with van der Waals surface area (Å²) in [6, 6.07) is 4.88. The molecule has 0 unspecified atom stereocenters. The molecule has 0 radical (unpaired) electrons. The average Bonchev–Trinajstić information content (AvgIpc) is 3.27. The second-order valence-corrected chi connectivity index (χ2v) is 20.4. The number of rotatable bonds is 52. The zero-order valence-electron chi connectivity index (χ0n) is 42.9. The lowest BCUT2D eigenvalue weighted by Crippen LogP contribution is -2.39. The van der Waals surface area contributed by atoms with Gasteiger partial charge in [0, 0.05) is 24.5 Å². The molecule has 0 amide bonds. The van der Waals surface area contributed by atoms with Gasteiger partial charge in [0.1, 0.15) is 6.54 Å². The molecule has 360 valence electrons. The van der Waals surface area contributed by atoms with Crippen LogP contribution in [0, 0.1) is 0 Å². The number of aryl methyl sites for hydroxylation is 2. The fraction of sp³-hybridized carbons (Fsp3) is 0.917. The smallest absolute Gasteiger partial charge is 0.184 e. The number of hydrogen-bond acceptors (Lipinski definition) is 0. The molecule has 0 bridgehead atoms. The molecule has 1 aromatic rings. The summed E-state index contributed by atoms with van der Waals surface area (Å²) in [7, 11) is 0. The van der Waals surface area contributed by atoms with Gasteiger partial charge >= 0.3 is 0 Å². The van der Waals surface area contributed by atoms with Gasteiger partial charge in [-0.3, -0.25) is 0 Å². The fourth-order valence-electron chi connectivity index (χ4n) is 10.1. The molecule has 0 fully saturated rings. The van der Waals surface area contributed by atoms with E-state index in [1.807, 2.05) is 0 Å². The number of pyridine rings is 1. The standard InChI is InChI=1S/C60H116N/c1-4-7-10-13-16-19-22-25-28-30-32-35-38-41-44-47-50-54-59-55-53-58-61(57-52-49-46-43-40-37-34-27-24-21-18-15-12-9-6-3)60(59)56-51-48-45-42-39-36-33-31-29-26-23-20-17-14-11-8-5-2/h53,55,58H,4-52,54,56-57H2,1-3H3/q+1. The van der Waals surface area contributed by atoms with Crippen molar-refractivity contribution in [1.29, 1.82) is 0 Å². The third-order valence-corrected chi connectivity index (χ3v) is 14.4. The predicted molar refractivity (Wildman–Crippen MR) is 277 cm³/mol. The molecule has 0 saturated carbocycles. The molecule has 0 aliphatic rings. The van der Waals surface area contributed by atoms with Crippen LogP contribution in [0.4, 0.5) is 0 Å². The third kappa shape index (κ3) is 41.6. The summed E-state index contributed by atoms with van der Waals surface area (Å²) in [5.41, 5.74) is 3.38. The van der Waals surface area contributed by atoms with Crippen LogP contribution in [0.25, 0.3) is 0 Å². The van der Waals surface area contributed by atoms with Crippen molar-refractivity contribution >= 4 is 0 Å². The van der Waals surface area contributed by atoms with Gasteiger partial charge in [-0.15, -0.1) is 0 Å². The zero-order chi connectivity index (χ0) is 43.6. The van der Waals surface area contributed by atoms with Gasteiger partial charge in [-0.2, -0.15) is 0 Å². The summed E-state index contributed by atoms with van der Waals surface area (Å²) in [5.74, 6) is 0. The van der Waals surface area contributed by atoms with E-state index in [2.05, 4.69) is 43.7 Å². The molecule has 0 aliphatic carbocycles. The van der Waals surface area contributed by atoms with Gasteiger partial charge < -0.3 is 0 Å². The summed E-state index contributed by atoms with van der Waals surface area (Å²) in [6.07, 6.45) is 76.2. The number of hydrogen-bond donors (Lipinski definition) is 0. The maximum atomic E-state index is 2.71. The molecule has 1 aromatic heterocycles. The first kappa shape index (κ1) is 58.2. The van der Waals surface area contributed by atoms with Crippen LogP contribution >= 0.6 is 0 Å². The van der Waals surface area contributed by atoms with Crippen molar-refractivity contribution in [2.45, 2.75) is 355 Å². The molecular formula is C60H116N+. The van der Waals surface area contributed by atoms with E-state index in [1.165, 1.54) is 334 Å². The number of aromatic nitrogens is 1. The molecule has 0 N–H and O–H groups in total. The monoisotopic (exact) mass is 851 g/mol. The maximum Gasteiger partial charge on any atom is 0.184 e. The highest BCUT2D eigenvalue weighted by Crippen LogP contribution is 2.19. The Morgan fingerprint density at radius 3 is 0.770 bits per heavy atom. The fourth-order valence-corrected chi connectivity index (χ4v) is 10.1. The minimum absolute atomic E-state index is 1.24. The third-order valence-electron chi connectivity index (χ3n) is 14.4. The van der Waals surface area contributed by atoms with Crippen molar-refractivity contribution < 1.29 is 4.57 Å². The van der Waals surface area contributed by atoms with Crippen LogP contribution in [0.2, 0.25) is 0 Å². The average molecular weight is 852 g/mol. The van der Waals surface area contributed by atoms with Crippen LogP contribution in [0.15, 0.2) is 18.3 Å². The Kier molecular flexibility index (Phi) is 47.8. The van der Waals surface area contributed by atoms with Gasteiger partial charge in [0.05, 0.1) is 0 Å². The maximum absolute atomic E-state index is 2.71. The summed E-state index contributed by atoms with van der Waals surface area (Å²) < 4.78 is 2.71. The van der Waals surface area contributed by atoms with Crippen LogP contribution in [-0.4, -0.2) is 0 Å². The highest BCUT2D eigenvalue weighted by atomic mass is 15.0. The SMILES string of the molecule is CCCCCCCCCCCCCCCCCCCc1ccc[n+](CCCCCCCCCCCCCCCCC)c1CCCCCCCCCCCCCCCCCCC. The highest BCUT2D eigenvalue weighted by molar-refractivity contribution is 5.16.